The van der Waals surface area contributed by atoms with Crippen LogP contribution in [0.4, 0.5) is 9.93 Å². The number of thiazole rings is 1. The zero-order valence-corrected chi connectivity index (χ0v) is 13.6. The number of carbonyl (C=O) groups excluding carboxylic acids is 1. The van der Waals surface area contributed by atoms with Crippen LogP contribution in [0.3, 0.4) is 0 Å². The summed E-state index contributed by atoms with van der Waals surface area (Å²) in [5.41, 5.74) is 2.15. The van der Waals surface area contributed by atoms with Crippen molar-refractivity contribution < 1.29 is 14.3 Å². The average molecular weight is 331 g/mol. The highest BCUT2D eigenvalue weighted by Crippen LogP contribution is 2.39. The first-order valence-corrected chi connectivity index (χ1v) is 8.79. The lowest BCUT2D eigenvalue weighted by atomic mass is 10.0. The Labute approximate surface area is 137 Å². The molecule has 4 heterocycles. The summed E-state index contributed by atoms with van der Waals surface area (Å²) in [6, 6.07) is 4.16. The van der Waals surface area contributed by atoms with Crippen LogP contribution in [-0.2, 0) is 11.2 Å². The van der Waals surface area contributed by atoms with Gasteiger partial charge >= 0.3 is 6.03 Å². The molecule has 120 valence electrons. The molecule has 1 aromatic heterocycles. The van der Waals surface area contributed by atoms with Crippen LogP contribution in [0.25, 0.3) is 10.2 Å². The number of aromatic nitrogens is 1. The molecular formula is C16H17N3O3S. The number of rotatable bonds is 1. The van der Waals surface area contributed by atoms with Crippen LogP contribution < -0.4 is 15.0 Å². The van der Waals surface area contributed by atoms with Crippen molar-refractivity contribution in [3.05, 3.63) is 17.7 Å². The lowest BCUT2D eigenvalue weighted by Crippen LogP contribution is -2.46. The monoisotopic (exact) mass is 331 g/mol. The van der Waals surface area contributed by atoms with E-state index in [-0.39, 0.29) is 24.2 Å². The molecule has 3 unspecified atom stereocenters. The molecule has 0 spiro atoms. The van der Waals surface area contributed by atoms with Gasteiger partial charge in [0.05, 0.1) is 41.6 Å². The zero-order valence-electron chi connectivity index (χ0n) is 12.7. The minimum Gasteiger partial charge on any atom is -0.493 e. The lowest BCUT2D eigenvalue weighted by Gasteiger charge is -2.32. The van der Waals surface area contributed by atoms with Gasteiger partial charge in [-0.05, 0) is 25.5 Å². The van der Waals surface area contributed by atoms with E-state index in [4.69, 9.17) is 14.5 Å². The number of benzene rings is 1. The van der Waals surface area contributed by atoms with E-state index in [9.17, 15) is 4.79 Å². The molecule has 2 aromatic rings. The molecule has 1 aromatic carbocycles. The summed E-state index contributed by atoms with van der Waals surface area (Å²) in [5.74, 6) is 0.929. The fourth-order valence-electron chi connectivity index (χ4n) is 3.74. The molecule has 2 amide bonds. The second kappa shape index (κ2) is 4.82. The smallest absolute Gasteiger partial charge is 0.324 e. The van der Waals surface area contributed by atoms with Crippen LogP contribution in [0.2, 0.25) is 0 Å². The summed E-state index contributed by atoms with van der Waals surface area (Å²) in [5, 5.41) is 3.80. The Morgan fingerprint density at radius 3 is 3.26 bits per heavy atom. The molecule has 0 bridgehead atoms. The number of fused-ring (bicyclic) bond motifs is 4. The molecule has 23 heavy (non-hydrogen) atoms. The van der Waals surface area contributed by atoms with Crippen molar-refractivity contribution in [2.24, 2.45) is 0 Å². The van der Waals surface area contributed by atoms with E-state index in [0.717, 1.165) is 33.9 Å². The number of amides is 2. The molecule has 0 radical (unpaired) electrons. The standard InChI is InChI=1S/C16H17N3O3S/c1-8-6-11-10(7-22-8)17-15(20)19(11)16-18-14-9-4-5-21-12(9)2-3-13(14)23-16/h2-3,8,10-11H,4-7H2,1H3,(H,17,20). The number of anilines is 1. The normalized spacial score (nSPS) is 29.3. The zero-order chi connectivity index (χ0) is 15.6. The third-order valence-electron chi connectivity index (χ3n) is 4.88. The summed E-state index contributed by atoms with van der Waals surface area (Å²) in [4.78, 5) is 19.1. The van der Waals surface area contributed by atoms with Gasteiger partial charge in [-0.15, -0.1) is 0 Å². The Hall–Kier alpha value is -1.86. The predicted octanol–water partition coefficient (Wildman–Crippen LogP) is 2.31. The van der Waals surface area contributed by atoms with Crippen molar-refractivity contribution in [3.63, 3.8) is 0 Å². The van der Waals surface area contributed by atoms with Crippen LogP contribution in [0.15, 0.2) is 12.1 Å². The van der Waals surface area contributed by atoms with Gasteiger partial charge in [-0.2, -0.15) is 0 Å². The van der Waals surface area contributed by atoms with Crippen molar-refractivity contribution in [3.8, 4) is 5.75 Å². The third-order valence-corrected chi connectivity index (χ3v) is 5.90. The second-order valence-electron chi connectivity index (χ2n) is 6.36. The molecule has 7 heteroatoms. The number of nitrogens with zero attached hydrogens (tertiary/aromatic N) is 2. The molecule has 6 nitrogen and oxygen atoms in total. The summed E-state index contributed by atoms with van der Waals surface area (Å²) < 4.78 is 12.4. The highest BCUT2D eigenvalue weighted by molar-refractivity contribution is 7.22. The minimum absolute atomic E-state index is 0.0553. The number of hydrogen-bond donors (Lipinski definition) is 1. The van der Waals surface area contributed by atoms with Crippen molar-refractivity contribution in [2.45, 2.75) is 38.0 Å². The van der Waals surface area contributed by atoms with Crippen LogP contribution in [0.1, 0.15) is 18.9 Å². The van der Waals surface area contributed by atoms with Gasteiger partial charge in [0, 0.05) is 12.0 Å². The van der Waals surface area contributed by atoms with Crippen molar-refractivity contribution in [1.82, 2.24) is 10.3 Å². The SMILES string of the molecule is CC1CC2C(CO1)NC(=O)N2c1nc2c3c(ccc2s1)OCC3. The van der Waals surface area contributed by atoms with Crippen LogP contribution >= 0.6 is 11.3 Å². The number of ether oxygens (including phenoxy) is 2. The highest BCUT2D eigenvalue weighted by atomic mass is 32.1. The van der Waals surface area contributed by atoms with Gasteiger partial charge in [0.2, 0.25) is 0 Å². The fraction of sp³-hybridized carbons (Fsp3) is 0.500. The molecule has 0 aliphatic carbocycles. The quantitative estimate of drug-likeness (QED) is 0.871. The first kappa shape index (κ1) is 13.6. The van der Waals surface area contributed by atoms with E-state index >= 15 is 0 Å². The molecule has 5 rings (SSSR count). The molecular weight excluding hydrogens is 314 g/mol. The molecule has 3 aliphatic rings. The van der Waals surface area contributed by atoms with Crippen molar-refractivity contribution in [1.29, 1.82) is 0 Å². The first-order valence-electron chi connectivity index (χ1n) is 7.97. The Morgan fingerprint density at radius 2 is 2.35 bits per heavy atom. The third kappa shape index (κ3) is 1.96. The molecule has 2 saturated heterocycles. The van der Waals surface area contributed by atoms with Crippen molar-refractivity contribution >= 4 is 32.7 Å². The van der Waals surface area contributed by atoms with Crippen LogP contribution in [-0.4, -0.2) is 42.4 Å². The molecule has 3 aliphatic heterocycles. The Balaban J connectivity index is 1.58. The van der Waals surface area contributed by atoms with E-state index in [1.54, 1.807) is 11.3 Å². The van der Waals surface area contributed by atoms with Gasteiger partial charge in [0.25, 0.3) is 0 Å². The van der Waals surface area contributed by atoms with Gasteiger partial charge in [0.1, 0.15) is 5.75 Å². The van der Waals surface area contributed by atoms with Gasteiger partial charge in [-0.1, -0.05) is 11.3 Å². The average Bonchev–Trinajstić information content (AvgIpc) is 3.20. The second-order valence-corrected chi connectivity index (χ2v) is 7.37. The number of carbonyl (C=O) groups is 1. The minimum atomic E-state index is -0.0651. The van der Waals surface area contributed by atoms with Gasteiger partial charge in [-0.25, -0.2) is 9.78 Å². The first-order chi connectivity index (χ1) is 11.2. The van der Waals surface area contributed by atoms with E-state index < -0.39 is 0 Å². The Kier molecular flexibility index (Phi) is 2.84. The van der Waals surface area contributed by atoms with Crippen molar-refractivity contribution in [2.75, 3.05) is 18.1 Å². The van der Waals surface area contributed by atoms with Gasteiger partial charge < -0.3 is 14.8 Å². The molecule has 3 atom stereocenters. The fourth-order valence-corrected chi connectivity index (χ4v) is 4.79. The van der Waals surface area contributed by atoms with E-state index in [1.807, 2.05) is 17.0 Å². The van der Waals surface area contributed by atoms with Gasteiger partial charge in [-0.3, -0.25) is 4.90 Å². The Bertz CT molecular complexity index is 805. The topological polar surface area (TPSA) is 63.7 Å². The summed E-state index contributed by atoms with van der Waals surface area (Å²) in [7, 11) is 0. The maximum Gasteiger partial charge on any atom is 0.324 e. The molecule has 0 saturated carbocycles. The van der Waals surface area contributed by atoms with E-state index in [2.05, 4.69) is 12.2 Å². The van der Waals surface area contributed by atoms with Crippen LogP contribution in [0.5, 0.6) is 5.75 Å². The Morgan fingerprint density at radius 1 is 1.43 bits per heavy atom. The maximum absolute atomic E-state index is 12.5. The predicted molar refractivity (Wildman–Crippen MR) is 87.4 cm³/mol. The number of nitrogens with one attached hydrogen (secondary N) is 1. The highest BCUT2D eigenvalue weighted by Gasteiger charge is 2.45. The maximum atomic E-state index is 12.5. The number of hydrogen-bond acceptors (Lipinski definition) is 5. The van der Waals surface area contributed by atoms with E-state index in [1.165, 1.54) is 5.56 Å². The summed E-state index contributed by atoms with van der Waals surface area (Å²) in [6.45, 7) is 3.34. The van der Waals surface area contributed by atoms with Crippen LogP contribution in [0, 0.1) is 0 Å². The summed E-state index contributed by atoms with van der Waals surface area (Å²) in [6.07, 6.45) is 1.89. The largest absolute Gasteiger partial charge is 0.493 e. The summed E-state index contributed by atoms with van der Waals surface area (Å²) >= 11 is 1.58. The van der Waals surface area contributed by atoms with E-state index in [0.29, 0.717) is 13.2 Å². The van der Waals surface area contributed by atoms with Gasteiger partial charge in [0.15, 0.2) is 5.13 Å². The molecule has 2 fully saturated rings. The number of urea groups is 1. The lowest BCUT2D eigenvalue weighted by molar-refractivity contribution is 0.00885. The molecule has 1 N–H and O–H groups in total.